The van der Waals surface area contributed by atoms with E-state index in [2.05, 4.69) is 15.6 Å². The molecule has 31 heavy (non-hydrogen) atoms. The molecule has 0 bridgehead atoms. The molecule has 0 aliphatic carbocycles. The van der Waals surface area contributed by atoms with Crippen LogP contribution in [0.25, 0.3) is 11.3 Å². The molecule has 1 heterocycles. The molecule has 0 radical (unpaired) electrons. The Balaban J connectivity index is 1.46. The summed E-state index contributed by atoms with van der Waals surface area (Å²) in [6, 6.07) is 14.3. The predicted molar refractivity (Wildman–Crippen MR) is 124 cm³/mol. The number of carbonyl (C=O) groups excluding carboxylic acids is 2. The zero-order valence-electron chi connectivity index (χ0n) is 16.1. The molecule has 1 aromatic heterocycles. The van der Waals surface area contributed by atoms with Crippen LogP contribution in [0.3, 0.4) is 0 Å². The summed E-state index contributed by atoms with van der Waals surface area (Å²) >= 11 is 8.60. The number of carboxylic acid groups (broad SMARTS) is 1. The standard InChI is InChI=1S/C21H18ClN3O4S2/c22-14-3-1-13(2-4-14)17-11-31-21(24-17)25-19(27)12-30-16-7-5-15(6-8-16)23-18(26)9-10-20(28)29/h1-8,11H,9-10,12H2,(H,23,26)(H,28,29)(H,24,25,27). The van der Waals surface area contributed by atoms with Crippen molar-refractivity contribution in [2.45, 2.75) is 17.7 Å². The number of thiazole rings is 1. The van der Waals surface area contributed by atoms with Crippen molar-refractivity contribution in [3.05, 3.63) is 58.9 Å². The fraction of sp³-hybridized carbons (Fsp3) is 0.143. The van der Waals surface area contributed by atoms with E-state index in [4.69, 9.17) is 16.7 Å². The highest BCUT2D eigenvalue weighted by atomic mass is 35.5. The number of hydrogen-bond acceptors (Lipinski definition) is 6. The Labute approximate surface area is 191 Å². The fourth-order valence-corrected chi connectivity index (χ4v) is 4.03. The molecule has 10 heteroatoms. The van der Waals surface area contributed by atoms with Crippen molar-refractivity contribution in [2.24, 2.45) is 0 Å². The second-order valence-corrected chi connectivity index (χ2v) is 8.69. The summed E-state index contributed by atoms with van der Waals surface area (Å²) < 4.78 is 0. The maximum absolute atomic E-state index is 12.2. The number of benzene rings is 2. The van der Waals surface area contributed by atoms with Gasteiger partial charge in [-0.3, -0.25) is 14.4 Å². The zero-order valence-corrected chi connectivity index (χ0v) is 18.5. The quantitative estimate of drug-likeness (QED) is 0.376. The van der Waals surface area contributed by atoms with E-state index in [1.807, 2.05) is 17.5 Å². The van der Waals surface area contributed by atoms with Gasteiger partial charge in [-0.15, -0.1) is 23.1 Å². The van der Waals surface area contributed by atoms with Crippen LogP contribution in [0.4, 0.5) is 10.8 Å². The third-order valence-electron chi connectivity index (χ3n) is 3.96. The van der Waals surface area contributed by atoms with E-state index in [0.717, 1.165) is 16.2 Å². The maximum atomic E-state index is 12.2. The molecule has 0 spiro atoms. The monoisotopic (exact) mass is 475 g/mol. The molecule has 7 nitrogen and oxygen atoms in total. The molecule has 0 aliphatic rings. The lowest BCUT2D eigenvalue weighted by molar-refractivity contribution is -0.138. The van der Waals surface area contributed by atoms with Crippen molar-refractivity contribution in [2.75, 3.05) is 16.4 Å². The topological polar surface area (TPSA) is 108 Å². The van der Waals surface area contributed by atoms with Gasteiger partial charge in [-0.25, -0.2) is 4.98 Å². The van der Waals surface area contributed by atoms with Crippen molar-refractivity contribution in [1.82, 2.24) is 4.98 Å². The number of nitrogens with one attached hydrogen (secondary N) is 2. The molecule has 2 aromatic carbocycles. The number of amides is 2. The van der Waals surface area contributed by atoms with Crippen molar-refractivity contribution >= 4 is 63.3 Å². The summed E-state index contributed by atoms with van der Waals surface area (Å²) in [5.74, 6) is -1.34. The minimum Gasteiger partial charge on any atom is -0.481 e. The molecule has 2 amide bonds. The van der Waals surface area contributed by atoms with Crippen molar-refractivity contribution in [1.29, 1.82) is 0 Å². The summed E-state index contributed by atoms with van der Waals surface area (Å²) in [4.78, 5) is 39.7. The number of nitrogens with zero attached hydrogens (tertiary/aromatic N) is 1. The second kappa shape index (κ2) is 10.9. The smallest absolute Gasteiger partial charge is 0.303 e. The minimum absolute atomic E-state index is 0.0809. The van der Waals surface area contributed by atoms with E-state index in [1.165, 1.54) is 23.1 Å². The van der Waals surface area contributed by atoms with Gasteiger partial charge in [0, 0.05) is 33.0 Å². The molecule has 160 valence electrons. The van der Waals surface area contributed by atoms with Crippen molar-refractivity contribution in [3.8, 4) is 11.3 Å². The van der Waals surface area contributed by atoms with Crippen LogP contribution >= 0.6 is 34.7 Å². The van der Waals surface area contributed by atoms with E-state index < -0.39 is 5.97 Å². The van der Waals surface area contributed by atoms with Gasteiger partial charge in [0.15, 0.2) is 5.13 Å². The van der Waals surface area contributed by atoms with Gasteiger partial charge in [0.05, 0.1) is 17.9 Å². The first-order chi connectivity index (χ1) is 14.9. The van der Waals surface area contributed by atoms with Gasteiger partial charge >= 0.3 is 5.97 Å². The van der Waals surface area contributed by atoms with E-state index in [1.54, 1.807) is 36.4 Å². The lowest BCUT2D eigenvalue weighted by Gasteiger charge is -2.06. The number of thioether (sulfide) groups is 1. The highest BCUT2D eigenvalue weighted by Crippen LogP contribution is 2.26. The zero-order chi connectivity index (χ0) is 22.2. The van der Waals surface area contributed by atoms with Crippen LogP contribution < -0.4 is 10.6 Å². The number of aromatic nitrogens is 1. The van der Waals surface area contributed by atoms with Crippen LogP contribution in [0.1, 0.15) is 12.8 Å². The molecule has 3 N–H and O–H groups in total. The fourth-order valence-electron chi connectivity index (χ4n) is 2.47. The summed E-state index contributed by atoms with van der Waals surface area (Å²) in [7, 11) is 0. The molecule has 0 unspecified atom stereocenters. The Kier molecular flexibility index (Phi) is 8.05. The van der Waals surface area contributed by atoms with Crippen LogP contribution in [-0.2, 0) is 14.4 Å². The van der Waals surface area contributed by atoms with Gasteiger partial charge in [0.2, 0.25) is 11.8 Å². The van der Waals surface area contributed by atoms with Gasteiger partial charge in [-0.1, -0.05) is 23.7 Å². The number of carbonyl (C=O) groups is 3. The van der Waals surface area contributed by atoms with Gasteiger partial charge in [-0.2, -0.15) is 0 Å². The van der Waals surface area contributed by atoms with Crippen LogP contribution in [-0.4, -0.2) is 33.6 Å². The molecular weight excluding hydrogens is 458 g/mol. The van der Waals surface area contributed by atoms with E-state index >= 15 is 0 Å². The van der Waals surface area contributed by atoms with E-state index in [9.17, 15) is 14.4 Å². The average Bonchev–Trinajstić information content (AvgIpc) is 3.20. The van der Waals surface area contributed by atoms with E-state index in [0.29, 0.717) is 15.8 Å². The minimum atomic E-state index is -1.01. The van der Waals surface area contributed by atoms with Gasteiger partial charge in [0.1, 0.15) is 0 Å². The summed E-state index contributed by atoms with van der Waals surface area (Å²) in [6.45, 7) is 0. The number of aliphatic carboxylic acids is 1. The Morgan fingerprint density at radius 1 is 0.968 bits per heavy atom. The Bertz CT molecular complexity index is 1070. The third-order valence-corrected chi connectivity index (χ3v) is 5.99. The normalized spacial score (nSPS) is 10.5. The number of anilines is 2. The van der Waals surface area contributed by atoms with Crippen LogP contribution in [0, 0.1) is 0 Å². The lowest BCUT2D eigenvalue weighted by Crippen LogP contribution is -2.14. The Morgan fingerprint density at radius 2 is 1.68 bits per heavy atom. The Hall–Kier alpha value is -2.88. The summed E-state index contributed by atoms with van der Waals surface area (Å²) in [5.41, 5.74) is 2.26. The van der Waals surface area contributed by atoms with Crippen LogP contribution in [0.15, 0.2) is 58.8 Å². The largest absolute Gasteiger partial charge is 0.481 e. The predicted octanol–water partition coefficient (Wildman–Crippen LogP) is 5.00. The first-order valence-corrected chi connectivity index (χ1v) is 11.4. The molecule has 0 fully saturated rings. The first kappa shape index (κ1) is 22.8. The molecule has 3 aromatic rings. The van der Waals surface area contributed by atoms with Crippen molar-refractivity contribution in [3.63, 3.8) is 0 Å². The third kappa shape index (κ3) is 7.39. The van der Waals surface area contributed by atoms with Gasteiger partial charge in [0.25, 0.3) is 0 Å². The second-order valence-electron chi connectivity index (χ2n) is 6.35. The molecule has 0 saturated heterocycles. The van der Waals surface area contributed by atoms with E-state index in [-0.39, 0.29) is 30.4 Å². The molecular formula is C21H18ClN3O4S2. The number of hydrogen-bond donors (Lipinski definition) is 3. The summed E-state index contributed by atoms with van der Waals surface area (Å²) in [5, 5.41) is 17.1. The molecule has 0 saturated carbocycles. The van der Waals surface area contributed by atoms with Crippen molar-refractivity contribution < 1.29 is 19.5 Å². The van der Waals surface area contributed by atoms with Crippen LogP contribution in [0.2, 0.25) is 5.02 Å². The highest BCUT2D eigenvalue weighted by Gasteiger charge is 2.10. The lowest BCUT2D eigenvalue weighted by atomic mass is 10.2. The number of halogens is 1. The SMILES string of the molecule is O=C(O)CCC(=O)Nc1ccc(SCC(=O)Nc2nc(-c3ccc(Cl)cc3)cs2)cc1. The highest BCUT2D eigenvalue weighted by molar-refractivity contribution is 8.00. The molecule has 3 rings (SSSR count). The average molecular weight is 476 g/mol. The Morgan fingerprint density at radius 3 is 2.35 bits per heavy atom. The maximum Gasteiger partial charge on any atom is 0.303 e. The van der Waals surface area contributed by atoms with Crippen LogP contribution in [0.5, 0.6) is 0 Å². The molecule has 0 aliphatic heterocycles. The number of carboxylic acids is 1. The van der Waals surface area contributed by atoms with Gasteiger partial charge in [-0.05, 0) is 36.4 Å². The summed E-state index contributed by atoms with van der Waals surface area (Å²) in [6.07, 6.45) is -0.294. The van der Waals surface area contributed by atoms with Gasteiger partial charge < -0.3 is 15.7 Å². The first-order valence-electron chi connectivity index (χ1n) is 9.15. The number of rotatable bonds is 9. The molecule has 0 atom stereocenters.